The van der Waals surface area contributed by atoms with Gasteiger partial charge in [-0.05, 0) is 61.7 Å². The van der Waals surface area contributed by atoms with Crippen LogP contribution in [0, 0.1) is 17.2 Å². The molecule has 0 bridgehead atoms. The third-order valence-corrected chi connectivity index (χ3v) is 4.97. The Balaban J connectivity index is 2.16. The van der Waals surface area contributed by atoms with Crippen molar-refractivity contribution >= 4 is 11.8 Å². The van der Waals surface area contributed by atoms with Gasteiger partial charge < -0.3 is 19.5 Å². The van der Waals surface area contributed by atoms with Crippen molar-refractivity contribution in [1.29, 1.82) is 5.26 Å². The molecule has 2 aromatic carbocycles. The Hall–Kier alpha value is -3.45. The summed E-state index contributed by atoms with van der Waals surface area (Å²) in [6.07, 6.45) is 0.524. The van der Waals surface area contributed by atoms with Crippen LogP contribution in [0.15, 0.2) is 48.5 Å². The highest BCUT2D eigenvalue weighted by molar-refractivity contribution is 5.94. The molecule has 3 N–H and O–H groups in total. The lowest BCUT2D eigenvalue weighted by molar-refractivity contribution is -0.134. The lowest BCUT2D eigenvalue weighted by atomic mass is 9.92. The highest BCUT2D eigenvalue weighted by atomic mass is 16.7. The van der Waals surface area contributed by atoms with E-state index in [2.05, 4.69) is 5.32 Å². The molecule has 2 aromatic rings. The maximum absolute atomic E-state index is 12.8. The molecule has 2 rings (SSSR count). The predicted molar refractivity (Wildman–Crippen MR) is 120 cm³/mol. The zero-order chi connectivity index (χ0) is 24.1. The third-order valence-electron chi connectivity index (χ3n) is 4.97. The molecule has 0 aromatic heterocycles. The number of hydrogen-bond donors (Lipinski definition) is 3. The number of carbonyl (C=O) groups is 2. The fourth-order valence-corrected chi connectivity index (χ4v) is 3.27. The van der Waals surface area contributed by atoms with Crippen LogP contribution >= 0.6 is 0 Å². The summed E-state index contributed by atoms with van der Waals surface area (Å²) >= 11 is 0. The average molecular weight is 456 g/mol. The molecule has 0 fully saturated rings. The van der Waals surface area contributed by atoms with Crippen LogP contribution in [-0.4, -0.2) is 50.2 Å². The Morgan fingerprint density at radius 3 is 2.55 bits per heavy atom. The summed E-state index contributed by atoms with van der Waals surface area (Å²) in [6.45, 7) is 2.47. The van der Waals surface area contributed by atoms with E-state index in [1.54, 1.807) is 42.9 Å². The molecule has 9 heteroatoms. The smallest absolute Gasteiger partial charge is 0.251 e. The van der Waals surface area contributed by atoms with Crippen molar-refractivity contribution in [3.05, 3.63) is 65.2 Å². The Morgan fingerprint density at radius 2 is 1.91 bits per heavy atom. The Bertz CT molecular complexity index is 942. The van der Waals surface area contributed by atoms with Crippen LogP contribution in [0.5, 0.6) is 5.75 Å². The summed E-state index contributed by atoms with van der Waals surface area (Å²) in [5.41, 5.74) is 3.38. The highest BCUT2D eigenvalue weighted by Gasteiger charge is 2.25. The van der Waals surface area contributed by atoms with Gasteiger partial charge >= 0.3 is 0 Å². The van der Waals surface area contributed by atoms with Crippen LogP contribution in [0.3, 0.4) is 0 Å². The van der Waals surface area contributed by atoms with Crippen molar-refractivity contribution in [2.75, 3.05) is 27.1 Å². The van der Waals surface area contributed by atoms with Gasteiger partial charge in [-0.2, -0.15) is 5.26 Å². The number of hydroxylamine groups is 1. The minimum Gasteiger partial charge on any atom is -0.497 e. The van der Waals surface area contributed by atoms with Gasteiger partial charge in [-0.3, -0.25) is 14.8 Å². The van der Waals surface area contributed by atoms with E-state index in [4.69, 9.17) is 19.5 Å². The lowest BCUT2D eigenvalue weighted by Gasteiger charge is -2.24. The van der Waals surface area contributed by atoms with E-state index in [1.165, 1.54) is 0 Å². The van der Waals surface area contributed by atoms with E-state index in [-0.39, 0.29) is 25.7 Å². The number of carbonyl (C=O) groups excluding carboxylic acids is 2. The van der Waals surface area contributed by atoms with Crippen molar-refractivity contribution in [3.8, 4) is 11.8 Å². The fourth-order valence-electron chi connectivity index (χ4n) is 3.27. The van der Waals surface area contributed by atoms with Crippen molar-refractivity contribution in [2.45, 2.75) is 25.8 Å². The maximum atomic E-state index is 12.8. The first kappa shape index (κ1) is 25.8. The monoisotopic (exact) mass is 455 g/mol. The molecular weight excluding hydrogens is 426 g/mol. The molecule has 2 unspecified atom stereocenters. The lowest BCUT2D eigenvalue weighted by Crippen LogP contribution is -2.42. The van der Waals surface area contributed by atoms with Crippen LogP contribution in [0.4, 0.5) is 0 Å². The predicted octanol–water partition coefficient (Wildman–Crippen LogP) is 2.43. The van der Waals surface area contributed by atoms with E-state index in [0.29, 0.717) is 29.9 Å². The van der Waals surface area contributed by atoms with Gasteiger partial charge in [-0.15, -0.1) is 0 Å². The SMILES string of the molecule is CCOCOCC(CC(Cc1cccc(OC)c1)C(=O)NO)NC(=O)c1ccc(C#N)cc1. The van der Waals surface area contributed by atoms with Gasteiger partial charge in [0.1, 0.15) is 12.5 Å². The van der Waals surface area contributed by atoms with Gasteiger partial charge in [-0.1, -0.05) is 12.1 Å². The molecule has 0 radical (unpaired) electrons. The molecule has 0 aliphatic heterocycles. The Labute approximate surface area is 193 Å². The third kappa shape index (κ3) is 8.54. The molecule has 0 saturated carbocycles. The highest BCUT2D eigenvalue weighted by Crippen LogP contribution is 2.20. The van der Waals surface area contributed by atoms with Gasteiger partial charge in [-0.25, -0.2) is 5.48 Å². The van der Waals surface area contributed by atoms with Gasteiger partial charge in [0.25, 0.3) is 5.91 Å². The number of hydrogen-bond acceptors (Lipinski definition) is 7. The molecule has 0 heterocycles. The first-order chi connectivity index (χ1) is 16.0. The number of methoxy groups -OCH3 is 1. The van der Waals surface area contributed by atoms with Gasteiger partial charge in [0.15, 0.2) is 0 Å². The Kier molecular flexibility index (Phi) is 10.8. The van der Waals surface area contributed by atoms with Crippen LogP contribution in [-0.2, 0) is 20.7 Å². The molecule has 0 saturated heterocycles. The van der Waals surface area contributed by atoms with E-state index in [0.717, 1.165) is 5.56 Å². The van der Waals surface area contributed by atoms with E-state index >= 15 is 0 Å². The molecule has 33 heavy (non-hydrogen) atoms. The van der Waals surface area contributed by atoms with Crippen LogP contribution in [0.1, 0.15) is 34.8 Å². The number of nitriles is 1. The summed E-state index contributed by atoms with van der Waals surface area (Å²) in [5.74, 6) is -0.931. The van der Waals surface area contributed by atoms with Crippen molar-refractivity contribution < 1.29 is 29.0 Å². The molecule has 0 aliphatic carbocycles. The topological polar surface area (TPSA) is 130 Å². The van der Waals surface area contributed by atoms with Gasteiger partial charge in [0.2, 0.25) is 5.91 Å². The number of rotatable bonds is 13. The zero-order valence-electron chi connectivity index (χ0n) is 18.7. The van der Waals surface area contributed by atoms with Crippen LogP contribution < -0.4 is 15.5 Å². The molecule has 0 aliphatic rings. The Morgan fingerprint density at radius 1 is 1.15 bits per heavy atom. The summed E-state index contributed by atoms with van der Waals surface area (Å²) in [5, 5.41) is 21.1. The van der Waals surface area contributed by atoms with E-state index in [1.807, 2.05) is 31.2 Å². The first-order valence-corrected chi connectivity index (χ1v) is 10.5. The van der Waals surface area contributed by atoms with Gasteiger partial charge in [0.05, 0.1) is 31.4 Å². The van der Waals surface area contributed by atoms with Crippen molar-refractivity contribution in [3.63, 3.8) is 0 Å². The quantitative estimate of drug-likeness (QED) is 0.183. The molecule has 0 spiro atoms. The number of amides is 2. The maximum Gasteiger partial charge on any atom is 0.251 e. The van der Waals surface area contributed by atoms with Crippen LogP contribution in [0.25, 0.3) is 0 Å². The molecule has 2 atom stereocenters. The fraction of sp³-hybridized carbons (Fsp3) is 0.375. The van der Waals surface area contributed by atoms with Crippen molar-refractivity contribution in [1.82, 2.24) is 10.8 Å². The normalized spacial score (nSPS) is 12.3. The number of benzene rings is 2. The number of nitrogens with zero attached hydrogens (tertiary/aromatic N) is 1. The van der Waals surface area contributed by atoms with E-state index in [9.17, 15) is 14.8 Å². The largest absolute Gasteiger partial charge is 0.497 e. The summed E-state index contributed by atoms with van der Waals surface area (Å²) in [4.78, 5) is 25.2. The molecule has 9 nitrogen and oxygen atoms in total. The molecule has 176 valence electrons. The molecular formula is C24H29N3O6. The van der Waals surface area contributed by atoms with Crippen LogP contribution in [0.2, 0.25) is 0 Å². The summed E-state index contributed by atoms with van der Waals surface area (Å²) < 4.78 is 15.9. The summed E-state index contributed by atoms with van der Waals surface area (Å²) in [7, 11) is 1.56. The number of ether oxygens (including phenoxy) is 3. The van der Waals surface area contributed by atoms with Crippen molar-refractivity contribution in [2.24, 2.45) is 5.92 Å². The van der Waals surface area contributed by atoms with E-state index < -0.39 is 17.9 Å². The zero-order valence-corrected chi connectivity index (χ0v) is 18.7. The average Bonchev–Trinajstić information content (AvgIpc) is 2.85. The minimum atomic E-state index is -0.649. The standard InChI is InChI=1S/C24H29N3O6/c1-3-32-16-33-15-21(26-23(28)19-9-7-17(14-25)8-10-19)13-20(24(29)27-30)11-18-5-4-6-22(12-18)31-2/h4-10,12,20-21,30H,3,11,13,15-16H2,1-2H3,(H,26,28)(H,27,29). The second-order valence-electron chi connectivity index (χ2n) is 7.31. The minimum absolute atomic E-state index is 0.0481. The first-order valence-electron chi connectivity index (χ1n) is 10.5. The second-order valence-corrected chi connectivity index (χ2v) is 7.31. The molecule has 2 amide bonds. The number of nitrogens with one attached hydrogen (secondary N) is 2. The summed E-state index contributed by atoms with van der Waals surface area (Å²) in [6, 6.07) is 15.0. The van der Waals surface area contributed by atoms with Gasteiger partial charge in [0, 0.05) is 18.1 Å². The second kappa shape index (κ2) is 13.9.